The molecule has 2 aromatic carbocycles. The molecule has 0 bridgehead atoms. The molecule has 0 aliphatic rings. The van der Waals surface area contributed by atoms with Crippen LogP contribution in [0.4, 0.5) is 5.69 Å². The van der Waals surface area contributed by atoms with Crippen molar-refractivity contribution in [3.63, 3.8) is 0 Å². The van der Waals surface area contributed by atoms with Crippen LogP contribution in [0.5, 0.6) is 0 Å². The number of rotatable bonds is 5. The van der Waals surface area contributed by atoms with Crippen LogP contribution < -0.4 is 9.88 Å². The second-order valence-corrected chi connectivity index (χ2v) is 7.20. The van der Waals surface area contributed by atoms with Crippen molar-refractivity contribution in [3.05, 3.63) is 72.1 Å². The SMILES string of the molecule is CCc1ccc(C)[n+](CC(=O)Nc2ccc3c(c2)c2ccccc2n3CC)c1. The highest BCUT2D eigenvalue weighted by atomic mass is 16.1. The average Bonchev–Trinajstić information content (AvgIpc) is 3.02. The van der Waals surface area contributed by atoms with Crippen molar-refractivity contribution in [2.75, 3.05) is 5.32 Å². The predicted octanol–water partition coefficient (Wildman–Crippen LogP) is 4.61. The van der Waals surface area contributed by atoms with Crippen LogP contribution in [-0.4, -0.2) is 10.5 Å². The molecule has 0 spiro atoms. The summed E-state index contributed by atoms with van der Waals surface area (Å²) in [7, 11) is 0. The molecule has 4 rings (SSSR count). The smallest absolute Gasteiger partial charge is 0.290 e. The van der Waals surface area contributed by atoms with Crippen molar-refractivity contribution >= 4 is 33.4 Å². The maximum atomic E-state index is 12.7. The molecule has 4 nitrogen and oxygen atoms in total. The summed E-state index contributed by atoms with van der Waals surface area (Å²) in [5.74, 6) is -0.0140. The Labute approximate surface area is 165 Å². The third-order valence-corrected chi connectivity index (χ3v) is 5.41. The number of nitrogens with one attached hydrogen (secondary N) is 1. The molecule has 4 heteroatoms. The number of para-hydroxylation sites is 1. The molecular weight excluding hydrogens is 346 g/mol. The lowest BCUT2D eigenvalue weighted by Gasteiger charge is -2.07. The van der Waals surface area contributed by atoms with Gasteiger partial charge >= 0.3 is 0 Å². The maximum Gasteiger partial charge on any atom is 0.290 e. The monoisotopic (exact) mass is 372 g/mol. The topological polar surface area (TPSA) is 37.9 Å². The van der Waals surface area contributed by atoms with Gasteiger partial charge in [-0.2, -0.15) is 4.57 Å². The van der Waals surface area contributed by atoms with E-state index < -0.39 is 0 Å². The summed E-state index contributed by atoms with van der Waals surface area (Å²) in [6, 6.07) is 18.8. The van der Waals surface area contributed by atoms with E-state index in [9.17, 15) is 4.79 Å². The number of amides is 1. The zero-order chi connectivity index (χ0) is 19.7. The molecule has 1 N–H and O–H groups in total. The van der Waals surface area contributed by atoms with Gasteiger partial charge in [0.2, 0.25) is 6.54 Å². The molecule has 0 atom stereocenters. The van der Waals surface area contributed by atoms with Crippen LogP contribution >= 0.6 is 0 Å². The standard InChI is InChI=1S/C24H25N3O/c1-4-18-11-10-17(3)26(15-18)16-24(28)25-19-12-13-23-21(14-19)20-8-6-7-9-22(20)27(23)5-2/h6-15H,4-5,16H2,1-3H3/p+1. The van der Waals surface area contributed by atoms with Gasteiger partial charge in [-0.15, -0.1) is 0 Å². The van der Waals surface area contributed by atoms with Gasteiger partial charge in [-0.1, -0.05) is 25.1 Å². The Morgan fingerprint density at radius 1 is 1.00 bits per heavy atom. The Bertz CT molecular complexity index is 1170. The molecule has 0 radical (unpaired) electrons. The number of nitrogens with zero attached hydrogens (tertiary/aromatic N) is 2. The third-order valence-electron chi connectivity index (χ3n) is 5.41. The lowest BCUT2D eigenvalue weighted by atomic mass is 10.1. The van der Waals surface area contributed by atoms with E-state index in [1.54, 1.807) is 0 Å². The third kappa shape index (κ3) is 3.26. The van der Waals surface area contributed by atoms with Gasteiger partial charge in [0.1, 0.15) is 0 Å². The van der Waals surface area contributed by atoms with Crippen molar-refractivity contribution in [2.45, 2.75) is 40.3 Å². The number of hydrogen-bond donors (Lipinski definition) is 1. The van der Waals surface area contributed by atoms with Gasteiger partial charge < -0.3 is 9.88 Å². The first kappa shape index (κ1) is 18.2. The van der Waals surface area contributed by atoms with Crippen LogP contribution in [0, 0.1) is 6.92 Å². The quantitative estimate of drug-likeness (QED) is 0.510. The van der Waals surface area contributed by atoms with Gasteiger partial charge in [-0.05, 0) is 43.7 Å². The number of aryl methyl sites for hydroxylation is 3. The number of fused-ring (bicyclic) bond motifs is 3. The maximum absolute atomic E-state index is 12.7. The summed E-state index contributed by atoms with van der Waals surface area (Å²) in [5, 5.41) is 5.46. The Hall–Kier alpha value is -3.14. The number of benzene rings is 2. The minimum absolute atomic E-state index is 0.0140. The second kappa shape index (κ2) is 7.47. The largest absolute Gasteiger partial charge is 0.341 e. The van der Waals surface area contributed by atoms with E-state index in [-0.39, 0.29) is 5.91 Å². The van der Waals surface area contributed by atoms with Crippen molar-refractivity contribution in [2.24, 2.45) is 0 Å². The van der Waals surface area contributed by atoms with E-state index in [0.29, 0.717) is 6.54 Å². The Morgan fingerprint density at radius 3 is 2.57 bits per heavy atom. The van der Waals surface area contributed by atoms with Crippen LogP contribution in [0.3, 0.4) is 0 Å². The molecule has 0 saturated carbocycles. The second-order valence-electron chi connectivity index (χ2n) is 7.20. The minimum atomic E-state index is -0.0140. The van der Waals surface area contributed by atoms with Gasteiger partial charge in [0.05, 0.1) is 0 Å². The number of carbonyl (C=O) groups excluding carboxylic acids is 1. The molecule has 0 unspecified atom stereocenters. The molecule has 2 aromatic heterocycles. The van der Waals surface area contributed by atoms with Crippen molar-refractivity contribution in [1.29, 1.82) is 0 Å². The van der Waals surface area contributed by atoms with Crippen LogP contribution in [0.1, 0.15) is 25.1 Å². The van der Waals surface area contributed by atoms with Gasteiger partial charge in [0.25, 0.3) is 5.91 Å². The molecule has 2 heterocycles. The fourth-order valence-electron chi connectivity index (χ4n) is 3.88. The van der Waals surface area contributed by atoms with Crippen molar-refractivity contribution < 1.29 is 9.36 Å². The van der Waals surface area contributed by atoms with Gasteiger partial charge in [-0.25, -0.2) is 0 Å². The number of pyridine rings is 1. The molecule has 0 fully saturated rings. The van der Waals surface area contributed by atoms with E-state index in [0.717, 1.165) is 24.3 Å². The summed E-state index contributed by atoms with van der Waals surface area (Å²) in [6.45, 7) is 7.54. The van der Waals surface area contributed by atoms with Gasteiger partial charge in [0, 0.05) is 52.6 Å². The van der Waals surface area contributed by atoms with Crippen LogP contribution in [0.25, 0.3) is 21.8 Å². The predicted molar refractivity (Wildman–Crippen MR) is 114 cm³/mol. The fourth-order valence-corrected chi connectivity index (χ4v) is 3.88. The summed E-state index contributed by atoms with van der Waals surface area (Å²) in [6.07, 6.45) is 3.02. The normalized spacial score (nSPS) is 11.2. The van der Waals surface area contributed by atoms with E-state index in [2.05, 4.69) is 78.5 Å². The van der Waals surface area contributed by atoms with Crippen LogP contribution in [0.2, 0.25) is 0 Å². The number of hydrogen-bond acceptors (Lipinski definition) is 1. The Morgan fingerprint density at radius 2 is 1.79 bits per heavy atom. The van der Waals surface area contributed by atoms with Crippen molar-refractivity contribution in [3.8, 4) is 0 Å². The highest BCUT2D eigenvalue weighted by Crippen LogP contribution is 2.30. The molecule has 28 heavy (non-hydrogen) atoms. The zero-order valence-corrected chi connectivity index (χ0v) is 16.7. The first-order valence-electron chi connectivity index (χ1n) is 9.90. The molecule has 0 aliphatic heterocycles. The van der Waals surface area contributed by atoms with Gasteiger partial charge in [-0.3, -0.25) is 4.79 Å². The highest BCUT2D eigenvalue weighted by Gasteiger charge is 2.15. The first-order valence-corrected chi connectivity index (χ1v) is 9.90. The van der Waals surface area contributed by atoms with Crippen LogP contribution in [-0.2, 0) is 24.3 Å². The molecule has 1 amide bonds. The lowest BCUT2D eigenvalue weighted by molar-refractivity contribution is -0.690. The first-order chi connectivity index (χ1) is 13.6. The molecular formula is C24H26N3O+. The molecule has 0 aliphatic carbocycles. The average molecular weight is 372 g/mol. The van der Waals surface area contributed by atoms with Gasteiger partial charge in [0.15, 0.2) is 11.9 Å². The van der Waals surface area contributed by atoms with E-state index >= 15 is 0 Å². The number of aromatic nitrogens is 2. The van der Waals surface area contributed by atoms with Crippen LogP contribution in [0.15, 0.2) is 60.8 Å². The summed E-state index contributed by atoms with van der Waals surface area (Å²) in [4.78, 5) is 12.7. The Balaban J connectivity index is 1.63. The summed E-state index contributed by atoms with van der Waals surface area (Å²) >= 11 is 0. The minimum Gasteiger partial charge on any atom is -0.341 e. The lowest BCUT2D eigenvalue weighted by Crippen LogP contribution is -2.43. The van der Waals surface area contributed by atoms with E-state index in [4.69, 9.17) is 0 Å². The molecule has 4 aromatic rings. The van der Waals surface area contributed by atoms with E-state index in [1.165, 1.54) is 27.4 Å². The number of carbonyl (C=O) groups is 1. The highest BCUT2D eigenvalue weighted by molar-refractivity contribution is 6.09. The molecule has 142 valence electrons. The Kier molecular flexibility index (Phi) is 4.86. The molecule has 0 saturated heterocycles. The van der Waals surface area contributed by atoms with Crippen molar-refractivity contribution in [1.82, 2.24) is 4.57 Å². The summed E-state index contributed by atoms with van der Waals surface area (Å²) < 4.78 is 4.32. The zero-order valence-electron chi connectivity index (χ0n) is 16.7. The number of anilines is 1. The van der Waals surface area contributed by atoms with E-state index in [1.807, 2.05) is 17.6 Å². The summed E-state index contributed by atoms with van der Waals surface area (Å²) in [5.41, 5.74) is 5.57. The fraction of sp³-hybridized carbons (Fsp3) is 0.250.